The molecule has 0 N–H and O–H groups in total. The van der Waals surface area contributed by atoms with Gasteiger partial charge in [-0.2, -0.15) is 5.26 Å². The van der Waals surface area contributed by atoms with E-state index in [4.69, 9.17) is 5.26 Å². The topological polar surface area (TPSA) is 36.7 Å². The smallest absolute Gasteiger partial charge is 0.0839 e. The highest BCUT2D eigenvalue weighted by Crippen LogP contribution is 2.47. The van der Waals surface area contributed by atoms with Crippen molar-refractivity contribution in [3.8, 4) is 6.07 Å². The molecule has 0 atom stereocenters. The van der Waals surface area contributed by atoms with E-state index in [0.29, 0.717) is 0 Å². The van der Waals surface area contributed by atoms with Gasteiger partial charge in [-0.1, -0.05) is 0 Å². The van der Waals surface area contributed by atoms with Crippen LogP contribution in [0.25, 0.3) is 0 Å². The van der Waals surface area contributed by atoms with Gasteiger partial charge in [-0.15, -0.1) is 12.6 Å². The van der Waals surface area contributed by atoms with E-state index in [1.807, 2.05) is 13.0 Å². The summed E-state index contributed by atoms with van der Waals surface area (Å²) in [6.07, 6.45) is 3.72. The Labute approximate surface area is 83.0 Å². The van der Waals surface area contributed by atoms with Gasteiger partial charge >= 0.3 is 0 Å². The quantitative estimate of drug-likeness (QED) is 0.689. The maximum atomic E-state index is 8.97. The third-order valence-electron chi connectivity index (χ3n) is 2.58. The minimum absolute atomic E-state index is 0.238. The highest BCUT2D eigenvalue weighted by molar-refractivity contribution is 7.80. The molecule has 13 heavy (non-hydrogen) atoms. The van der Waals surface area contributed by atoms with Gasteiger partial charge in [-0.3, -0.25) is 4.98 Å². The molecule has 0 aromatic carbocycles. The van der Waals surface area contributed by atoms with E-state index in [0.717, 1.165) is 29.0 Å². The molecule has 0 aliphatic heterocycles. The molecule has 0 radical (unpaired) electrons. The number of aromatic nitrogens is 1. The molecule has 0 unspecified atom stereocenters. The van der Waals surface area contributed by atoms with Crippen molar-refractivity contribution >= 4 is 12.6 Å². The van der Waals surface area contributed by atoms with Gasteiger partial charge in [-0.25, -0.2) is 0 Å². The van der Waals surface area contributed by atoms with Gasteiger partial charge in [0.15, 0.2) is 0 Å². The Hall–Kier alpha value is -1.01. The lowest BCUT2D eigenvalue weighted by atomic mass is 10.00. The van der Waals surface area contributed by atoms with Crippen molar-refractivity contribution in [2.75, 3.05) is 0 Å². The number of rotatable bonds is 1. The van der Waals surface area contributed by atoms with Crippen LogP contribution < -0.4 is 0 Å². The van der Waals surface area contributed by atoms with Crippen molar-refractivity contribution < 1.29 is 0 Å². The number of pyridine rings is 1. The van der Waals surface area contributed by atoms with Crippen molar-refractivity contribution in [1.82, 2.24) is 4.98 Å². The number of nitrogens with zero attached hydrogens (tertiary/aromatic N) is 2. The summed E-state index contributed by atoms with van der Waals surface area (Å²) < 4.78 is 0. The molecule has 3 heteroatoms. The van der Waals surface area contributed by atoms with Crippen molar-refractivity contribution in [2.45, 2.75) is 30.1 Å². The van der Waals surface area contributed by atoms with Gasteiger partial charge in [0.25, 0.3) is 0 Å². The molecule has 0 bridgehead atoms. The van der Waals surface area contributed by atoms with Crippen molar-refractivity contribution in [1.29, 1.82) is 5.26 Å². The van der Waals surface area contributed by atoms with E-state index in [2.05, 4.69) is 23.7 Å². The molecule has 2 rings (SSSR count). The summed E-state index contributed by atoms with van der Waals surface area (Å²) in [5, 5.41) is 8.97. The van der Waals surface area contributed by atoms with Crippen LogP contribution in [0.15, 0.2) is 17.2 Å². The zero-order valence-electron chi connectivity index (χ0n) is 7.41. The van der Waals surface area contributed by atoms with Crippen molar-refractivity contribution in [3.05, 3.63) is 23.5 Å². The lowest BCUT2D eigenvalue weighted by Gasteiger charge is -2.06. The highest BCUT2D eigenvalue weighted by atomic mass is 32.1. The molecule has 1 aromatic heterocycles. The van der Waals surface area contributed by atoms with Gasteiger partial charge in [0.05, 0.1) is 17.2 Å². The highest BCUT2D eigenvalue weighted by Gasteiger charge is 2.45. The third-order valence-corrected chi connectivity index (χ3v) is 3.03. The number of nitriles is 1. The second-order valence-electron chi connectivity index (χ2n) is 3.52. The molecule has 1 aliphatic rings. The van der Waals surface area contributed by atoms with E-state index < -0.39 is 0 Å². The second kappa shape index (κ2) is 2.74. The average Bonchev–Trinajstić information content (AvgIpc) is 2.90. The van der Waals surface area contributed by atoms with Gasteiger partial charge in [0.2, 0.25) is 0 Å². The molecular formula is C10H10N2S. The zero-order valence-corrected chi connectivity index (χ0v) is 8.30. The van der Waals surface area contributed by atoms with Crippen LogP contribution in [-0.4, -0.2) is 4.98 Å². The molecule has 1 fully saturated rings. The van der Waals surface area contributed by atoms with Crippen LogP contribution in [0.3, 0.4) is 0 Å². The summed E-state index contributed by atoms with van der Waals surface area (Å²) >= 11 is 4.29. The maximum Gasteiger partial charge on any atom is 0.0839 e. The Bertz CT molecular complexity index is 388. The maximum absolute atomic E-state index is 8.97. The van der Waals surface area contributed by atoms with E-state index >= 15 is 0 Å². The minimum Gasteiger partial charge on any atom is -0.260 e. The van der Waals surface area contributed by atoms with Crippen molar-refractivity contribution in [3.63, 3.8) is 0 Å². The summed E-state index contributed by atoms with van der Waals surface area (Å²) in [7, 11) is 0. The van der Waals surface area contributed by atoms with Crippen LogP contribution in [0.1, 0.15) is 24.1 Å². The van der Waals surface area contributed by atoms with Crippen LogP contribution in [0.2, 0.25) is 0 Å². The Morgan fingerprint density at radius 2 is 2.31 bits per heavy atom. The first-order valence-corrected chi connectivity index (χ1v) is 4.70. The Balaban J connectivity index is 2.44. The summed E-state index contributed by atoms with van der Waals surface area (Å²) in [4.78, 5) is 5.08. The average molecular weight is 190 g/mol. The monoisotopic (exact) mass is 190 g/mol. The minimum atomic E-state index is -0.238. The second-order valence-corrected chi connectivity index (χ2v) is 4.00. The lowest BCUT2D eigenvalue weighted by Crippen LogP contribution is -2.03. The molecule has 1 aliphatic carbocycles. The first-order chi connectivity index (χ1) is 6.18. The zero-order chi connectivity index (χ0) is 9.47. The fourth-order valence-corrected chi connectivity index (χ4v) is 1.57. The van der Waals surface area contributed by atoms with Crippen LogP contribution >= 0.6 is 12.6 Å². The molecular weight excluding hydrogens is 180 g/mol. The molecule has 1 aromatic rings. The lowest BCUT2D eigenvalue weighted by molar-refractivity contribution is 0.881. The first-order valence-electron chi connectivity index (χ1n) is 4.25. The van der Waals surface area contributed by atoms with Crippen LogP contribution in [0.5, 0.6) is 0 Å². The van der Waals surface area contributed by atoms with Gasteiger partial charge < -0.3 is 0 Å². The molecule has 2 nitrogen and oxygen atoms in total. The predicted molar refractivity (Wildman–Crippen MR) is 52.8 cm³/mol. The van der Waals surface area contributed by atoms with Crippen LogP contribution in [0, 0.1) is 18.3 Å². The number of hydrogen-bond donors (Lipinski definition) is 1. The van der Waals surface area contributed by atoms with Gasteiger partial charge in [0.1, 0.15) is 0 Å². The Morgan fingerprint density at radius 3 is 2.77 bits per heavy atom. The molecule has 0 saturated heterocycles. The predicted octanol–water partition coefficient (Wildman–Crippen LogP) is 2.23. The largest absolute Gasteiger partial charge is 0.260 e. The standard InChI is InChI=1S/C10H10N2S/c1-7-9(13)4-8(5-12-7)10(6-11)2-3-10/h4-5,13H,2-3H2,1H3. The Kier molecular flexibility index (Phi) is 1.81. The van der Waals surface area contributed by atoms with Crippen LogP contribution in [-0.2, 0) is 5.41 Å². The molecule has 1 saturated carbocycles. The summed E-state index contributed by atoms with van der Waals surface area (Å²) in [5.74, 6) is 0. The summed E-state index contributed by atoms with van der Waals surface area (Å²) in [5.41, 5.74) is 1.70. The van der Waals surface area contributed by atoms with Crippen LogP contribution in [0.4, 0.5) is 0 Å². The first kappa shape index (κ1) is 8.58. The number of thiol groups is 1. The van der Waals surface area contributed by atoms with E-state index in [9.17, 15) is 0 Å². The Morgan fingerprint density at radius 1 is 1.62 bits per heavy atom. The normalized spacial score (nSPS) is 17.9. The SMILES string of the molecule is Cc1ncc(C2(C#N)CC2)cc1S. The van der Waals surface area contributed by atoms with Crippen molar-refractivity contribution in [2.24, 2.45) is 0 Å². The summed E-state index contributed by atoms with van der Waals surface area (Å²) in [6.45, 7) is 1.91. The van der Waals surface area contributed by atoms with E-state index in [-0.39, 0.29) is 5.41 Å². The van der Waals surface area contributed by atoms with Gasteiger partial charge in [-0.05, 0) is 31.4 Å². The fourth-order valence-electron chi connectivity index (χ4n) is 1.37. The molecule has 0 amide bonds. The fraction of sp³-hybridized carbons (Fsp3) is 0.400. The molecule has 0 spiro atoms. The van der Waals surface area contributed by atoms with E-state index in [1.165, 1.54) is 0 Å². The molecule has 66 valence electrons. The van der Waals surface area contributed by atoms with E-state index in [1.54, 1.807) is 6.20 Å². The molecule has 1 heterocycles. The summed E-state index contributed by atoms with van der Waals surface area (Å²) in [6, 6.07) is 4.30. The van der Waals surface area contributed by atoms with Gasteiger partial charge in [0, 0.05) is 11.1 Å². The number of hydrogen-bond acceptors (Lipinski definition) is 3. The third kappa shape index (κ3) is 1.31. The number of aryl methyl sites for hydroxylation is 1.